The van der Waals surface area contributed by atoms with Gasteiger partial charge in [-0.05, 0) is 12.8 Å². The first-order chi connectivity index (χ1) is 6.55. The van der Waals surface area contributed by atoms with Crippen LogP contribution in [0.3, 0.4) is 0 Å². The molecular formula is C8H16N2O3S. The molecule has 0 aromatic rings. The molecule has 1 unspecified atom stereocenters. The van der Waals surface area contributed by atoms with Crippen molar-refractivity contribution in [3.8, 4) is 6.07 Å². The van der Waals surface area contributed by atoms with Gasteiger partial charge in [0.2, 0.25) is 10.0 Å². The van der Waals surface area contributed by atoms with Crippen LogP contribution in [-0.2, 0) is 14.8 Å². The average molecular weight is 220 g/mol. The van der Waals surface area contributed by atoms with Crippen molar-refractivity contribution in [1.29, 1.82) is 5.26 Å². The first kappa shape index (κ1) is 13.4. The summed E-state index contributed by atoms with van der Waals surface area (Å²) in [6, 6.07) is 1.25. The summed E-state index contributed by atoms with van der Waals surface area (Å²) < 4.78 is 29.7. The fourth-order valence-corrected chi connectivity index (χ4v) is 2.14. The molecule has 0 aliphatic heterocycles. The second-order valence-electron chi connectivity index (χ2n) is 2.87. The maximum Gasteiger partial charge on any atom is 0.212 e. The maximum absolute atomic E-state index is 11.3. The van der Waals surface area contributed by atoms with Crippen molar-refractivity contribution in [3.05, 3.63) is 0 Å². The summed E-state index contributed by atoms with van der Waals surface area (Å²) in [7, 11) is -1.81. The van der Waals surface area contributed by atoms with Gasteiger partial charge in [-0.3, -0.25) is 0 Å². The lowest BCUT2D eigenvalue weighted by Gasteiger charge is -2.09. The van der Waals surface area contributed by atoms with Crippen LogP contribution in [0.1, 0.15) is 19.8 Å². The molecule has 0 amide bonds. The Bertz CT molecular complexity index is 281. The van der Waals surface area contributed by atoms with E-state index in [0.29, 0.717) is 19.4 Å². The van der Waals surface area contributed by atoms with Crippen LogP contribution in [0.25, 0.3) is 0 Å². The van der Waals surface area contributed by atoms with Crippen molar-refractivity contribution in [2.45, 2.75) is 25.8 Å². The van der Waals surface area contributed by atoms with Crippen LogP contribution in [0.5, 0.6) is 0 Å². The van der Waals surface area contributed by atoms with Gasteiger partial charge in [0.15, 0.2) is 0 Å². The summed E-state index contributed by atoms with van der Waals surface area (Å²) >= 11 is 0. The SMILES string of the molecule is CCC(C#N)NS(=O)(=O)CCCOC. The highest BCUT2D eigenvalue weighted by molar-refractivity contribution is 7.89. The maximum atomic E-state index is 11.3. The second kappa shape index (κ2) is 6.76. The predicted molar refractivity (Wildman–Crippen MR) is 53.1 cm³/mol. The molecule has 0 aliphatic carbocycles. The van der Waals surface area contributed by atoms with Gasteiger partial charge in [-0.15, -0.1) is 0 Å². The van der Waals surface area contributed by atoms with Gasteiger partial charge >= 0.3 is 0 Å². The molecule has 0 fully saturated rings. The highest BCUT2D eigenvalue weighted by Gasteiger charge is 2.15. The van der Waals surface area contributed by atoms with E-state index in [1.54, 1.807) is 6.92 Å². The van der Waals surface area contributed by atoms with Gasteiger partial charge in [0, 0.05) is 13.7 Å². The fraction of sp³-hybridized carbons (Fsp3) is 0.875. The van der Waals surface area contributed by atoms with Crippen molar-refractivity contribution in [2.24, 2.45) is 0 Å². The highest BCUT2D eigenvalue weighted by Crippen LogP contribution is 1.95. The Morgan fingerprint density at radius 1 is 1.57 bits per heavy atom. The molecule has 0 rings (SSSR count). The van der Waals surface area contributed by atoms with Gasteiger partial charge in [0.1, 0.15) is 6.04 Å². The van der Waals surface area contributed by atoms with Crippen molar-refractivity contribution in [3.63, 3.8) is 0 Å². The van der Waals surface area contributed by atoms with E-state index in [-0.39, 0.29) is 5.75 Å². The third-order valence-corrected chi connectivity index (χ3v) is 3.12. The summed E-state index contributed by atoms with van der Waals surface area (Å²) in [5, 5.41) is 8.56. The molecule has 5 nitrogen and oxygen atoms in total. The molecule has 0 radical (unpaired) electrons. The van der Waals surface area contributed by atoms with E-state index in [0.717, 1.165) is 0 Å². The monoisotopic (exact) mass is 220 g/mol. The van der Waals surface area contributed by atoms with E-state index in [2.05, 4.69) is 4.72 Å². The number of hydrogen-bond donors (Lipinski definition) is 1. The largest absolute Gasteiger partial charge is 0.385 e. The molecule has 0 aromatic carbocycles. The molecule has 14 heavy (non-hydrogen) atoms. The summed E-state index contributed by atoms with van der Waals surface area (Å²) in [5.74, 6) is -0.000972. The van der Waals surface area contributed by atoms with E-state index in [4.69, 9.17) is 10.00 Å². The Morgan fingerprint density at radius 3 is 2.64 bits per heavy atom. The Hall–Kier alpha value is -0.640. The van der Waals surface area contributed by atoms with Crippen LogP contribution in [0.2, 0.25) is 0 Å². The van der Waals surface area contributed by atoms with Crippen LogP contribution in [-0.4, -0.2) is 33.9 Å². The standard InChI is InChI=1S/C8H16N2O3S/c1-3-8(7-9)10-14(11,12)6-4-5-13-2/h8,10H,3-6H2,1-2H3. The van der Waals surface area contributed by atoms with Gasteiger partial charge in [-0.1, -0.05) is 6.92 Å². The van der Waals surface area contributed by atoms with E-state index in [1.165, 1.54) is 7.11 Å². The molecule has 0 spiro atoms. The quantitative estimate of drug-likeness (QED) is 0.623. The zero-order valence-corrected chi connectivity index (χ0v) is 9.30. The van der Waals surface area contributed by atoms with Gasteiger partial charge < -0.3 is 4.74 Å². The minimum Gasteiger partial charge on any atom is -0.385 e. The summed E-state index contributed by atoms with van der Waals surface area (Å²) in [6.45, 7) is 2.16. The predicted octanol–water partition coefficient (Wildman–Crippen LogP) is 0.244. The van der Waals surface area contributed by atoms with E-state index >= 15 is 0 Å². The summed E-state index contributed by atoms with van der Waals surface area (Å²) in [5.41, 5.74) is 0. The number of methoxy groups -OCH3 is 1. The van der Waals surface area contributed by atoms with E-state index in [1.807, 2.05) is 6.07 Å². The number of hydrogen-bond acceptors (Lipinski definition) is 4. The van der Waals surface area contributed by atoms with Gasteiger partial charge in [-0.2, -0.15) is 9.98 Å². The van der Waals surface area contributed by atoms with Gasteiger partial charge in [-0.25, -0.2) is 8.42 Å². The Morgan fingerprint density at radius 2 is 2.21 bits per heavy atom. The van der Waals surface area contributed by atoms with Crippen LogP contribution in [0.4, 0.5) is 0 Å². The highest BCUT2D eigenvalue weighted by atomic mass is 32.2. The fourth-order valence-electron chi connectivity index (χ4n) is 0.870. The van der Waals surface area contributed by atoms with Crippen molar-refractivity contribution in [2.75, 3.05) is 19.5 Å². The average Bonchev–Trinajstić information content (AvgIpc) is 2.14. The lowest BCUT2D eigenvalue weighted by atomic mass is 10.3. The molecule has 0 saturated carbocycles. The number of nitriles is 1. The molecule has 0 aliphatic rings. The topological polar surface area (TPSA) is 79.2 Å². The number of ether oxygens (including phenoxy) is 1. The molecule has 82 valence electrons. The molecule has 1 atom stereocenters. The Kier molecular flexibility index (Phi) is 6.45. The lowest BCUT2D eigenvalue weighted by Crippen LogP contribution is -2.35. The van der Waals surface area contributed by atoms with Crippen molar-refractivity contribution < 1.29 is 13.2 Å². The van der Waals surface area contributed by atoms with Crippen LogP contribution < -0.4 is 4.72 Å². The third-order valence-electron chi connectivity index (χ3n) is 1.65. The van der Waals surface area contributed by atoms with Crippen LogP contribution in [0, 0.1) is 11.3 Å². The van der Waals surface area contributed by atoms with E-state index < -0.39 is 16.1 Å². The molecule has 0 bridgehead atoms. The molecule has 0 heterocycles. The van der Waals surface area contributed by atoms with Gasteiger partial charge in [0.05, 0.1) is 11.8 Å². The van der Waals surface area contributed by atoms with Crippen molar-refractivity contribution >= 4 is 10.0 Å². The normalized spacial score (nSPS) is 13.5. The molecule has 0 aromatic heterocycles. The number of rotatable bonds is 7. The zero-order chi connectivity index (χ0) is 11.0. The van der Waals surface area contributed by atoms with Crippen LogP contribution in [0.15, 0.2) is 0 Å². The molecule has 1 N–H and O–H groups in total. The molecule has 0 saturated heterocycles. The first-order valence-corrected chi connectivity index (χ1v) is 6.09. The molecule has 6 heteroatoms. The molecular weight excluding hydrogens is 204 g/mol. The number of nitrogens with one attached hydrogen (secondary N) is 1. The number of sulfonamides is 1. The minimum absolute atomic E-state index is 0.000972. The third kappa shape index (κ3) is 5.91. The van der Waals surface area contributed by atoms with Gasteiger partial charge in [0.25, 0.3) is 0 Å². The Labute approximate surface area is 85.1 Å². The van der Waals surface area contributed by atoms with Crippen molar-refractivity contribution in [1.82, 2.24) is 4.72 Å². The number of nitrogens with zero attached hydrogens (tertiary/aromatic N) is 1. The summed E-state index contributed by atoms with van der Waals surface area (Å²) in [4.78, 5) is 0. The zero-order valence-electron chi connectivity index (χ0n) is 8.49. The summed E-state index contributed by atoms with van der Waals surface area (Å²) in [6.07, 6.45) is 0.910. The minimum atomic E-state index is -3.33. The smallest absolute Gasteiger partial charge is 0.212 e. The lowest BCUT2D eigenvalue weighted by molar-refractivity contribution is 0.199. The Balaban J connectivity index is 4.02. The van der Waals surface area contributed by atoms with E-state index in [9.17, 15) is 8.42 Å². The van der Waals surface area contributed by atoms with Crippen LogP contribution >= 0.6 is 0 Å². The first-order valence-electron chi connectivity index (χ1n) is 4.44. The second-order valence-corrected chi connectivity index (χ2v) is 4.75.